The van der Waals surface area contributed by atoms with Gasteiger partial charge in [-0.3, -0.25) is 0 Å². The summed E-state index contributed by atoms with van der Waals surface area (Å²) in [5.41, 5.74) is 2.75. The molecule has 0 bridgehead atoms. The van der Waals surface area contributed by atoms with E-state index in [-0.39, 0.29) is 0 Å². The molecule has 0 aliphatic rings. The highest BCUT2D eigenvalue weighted by Gasteiger charge is 2.13. The predicted octanol–water partition coefficient (Wildman–Crippen LogP) is 5.77. The van der Waals surface area contributed by atoms with Crippen LogP contribution >= 0.6 is 54.5 Å². The topological polar surface area (TPSA) is 0 Å². The highest BCUT2D eigenvalue weighted by atomic mass is 127. The van der Waals surface area contributed by atoms with Crippen molar-refractivity contribution in [2.75, 3.05) is 5.33 Å². The Kier molecular flexibility index (Phi) is 5.70. The molecule has 0 saturated heterocycles. The zero-order valence-electron chi connectivity index (χ0n) is 9.74. The Morgan fingerprint density at radius 3 is 2.28 bits per heavy atom. The van der Waals surface area contributed by atoms with E-state index in [1.54, 1.807) is 0 Å². The molecule has 0 radical (unpaired) electrons. The molecular weight excluding hydrogens is 467 g/mol. The summed E-state index contributed by atoms with van der Waals surface area (Å²) in [7, 11) is 0. The fourth-order valence-corrected chi connectivity index (χ4v) is 3.50. The molecule has 0 spiro atoms. The third kappa shape index (κ3) is 3.81. The van der Waals surface area contributed by atoms with Crippen molar-refractivity contribution in [1.82, 2.24) is 0 Å². The van der Waals surface area contributed by atoms with Gasteiger partial charge in [-0.2, -0.15) is 0 Å². The molecule has 0 amide bonds. The minimum atomic E-state index is 0.501. The number of halogens is 3. The van der Waals surface area contributed by atoms with Gasteiger partial charge in [0.2, 0.25) is 0 Å². The summed E-state index contributed by atoms with van der Waals surface area (Å²) >= 11 is 9.62. The Bertz CT molecular complexity index is 508. The first-order chi connectivity index (χ1) is 8.70. The second-order valence-corrected chi connectivity index (χ2v) is 6.95. The minimum Gasteiger partial charge on any atom is -0.0921 e. The lowest BCUT2D eigenvalue weighted by molar-refractivity contribution is 0.771. The average Bonchev–Trinajstić information content (AvgIpc) is 2.39. The summed E-state index contributed by atoms with van der Waals surface area (Å²) in [5.74, 6) is 0.501. The van der Waals surface area contributed by atoms with E-state index in [0.717, 1.165) is 11.8 Å². The fraction of sp³-hybridized carbons (Fsp3) is 0.200. The SMILES string of the molecule is BrCC(Cc1ccc(I)cc1)c1ccccc1Br. The highest BCUT2D eigenvalue weighted by molar-refractivity contribution is 14.1. The lowest BCUT2D eigenvalue weighted by Crippen LogP contribution is -2.05. The van der Waals surface area contributed by atoms with Crippen LogP contribution in [-0.2, 0) is 6.42 Å². The smallest absolute Gasteiger partial charge is 0.0210 e. The van der Waals surface area contributed by atoms with Crippen molar-refractivity contribution < 1.29 is 0 Å². The van der Waals surface area contributed by atoms with Gasteiger partial charge in [0, 0.05) is 13.4 Å². The number of hydrogen-bond donors (Lipinski definition) is 0. The van der Waals surface area contributed by atoms with Gasteiger partial charge in [0.05, 0.1) is 0 Å². The quantitative estimate of drug-likeness (QED) is 0.385. The molecule has 0 aliphatic heterocycles. The van der Waals surface area contributed by atoms with Crippen LogP contribution in [0.4, 0.5) is 0 Å². The van der Waals surface area contributed by atoms with Gasteiger partial charge >= 0.3 is 0 Å². The summed E-state index contributed by atoms with van der Waals surface area (Å²) in [6.07, 6.45) is 1.06. The van der Waals surface area contributed by atoms with Gasteiger partial charge in [0.1, 0.15) is 0 Å². The normalized spacial score (nSPS) is 12.4. The summed E-state index contributed by atoms with van der Waals surface area (Å²) < 4.78 is 2.48. The summed E-state index contributed by atoms with van der Waals surface area (Å²) in [6, 6.07) is 17.2. The lowest BCUT2D eigenvalue weighted by atomic mass is 9.94. The van der Waals surface area contributed by atoms with Crippen molar-refractivity contribution in [1.29, 1.82) is 0 Å². The van der Waals surface area contributed by atoms with Crippen LogP contribution in [0.5, 0.6) is 0 Å². The van der Waals surface area contributed by atoms with Gasteiger partial charge in [-0.05, 0) is 64.3 Å². The Hall–Kier alpha value is 0.130. The molecule has 18 heavy (non-hydrogen) atoms. The fourth-order valence-electron chi connectivity index (χ4n) is 1.96. The first kappa shape index (κ1) is 14.5. The Morgan fingerprint density at radius 1 is 1.00 bits per heavy atom. The van der Waals surface area contributed by atoms with Crippen molar-refractivity contribution in [3.63, 3.8) is 0 Å². The molecule has 0 aromatic heterocycles. The van der Waals surface area contributed by atoms with E-state index < -0.39 is 0 Å². The molecule has 94 valence electrons. The van der Waals surface area contributed by atoms with Crippen LogP contribution in [0.2, 0.25) is 0 Å². The second-order valence-electron chi connectivity index (χ2n) is 4.20. The number of alkyl halides is 1. The highest BCUT2D eigenvalue weighted by Crippen LogP contribution is 2.29. The van der Waals surface area contributed by atoms with E-state index in [9.17, 15) is 0 Å². The molecule has 0 aliphatic carbocycles. The van der Waals surface area contributed by atoms with Crippen molar-refractivity contribution in [3.05, 3.63) is 67.7 Å². The van der Waals surface area contributed by atoms with Crippen LogP contribution in [0.3, 0.4) is 0 Å². The van der Waals surface area contributed by atoms with Crippen molar-refractivity contribution in [2.24, 2.45) is 0 Å². The van der Waals surface area contributed by atoms with E-state index >= 15 is 0 Å². The van der Waals surface area contributed by atoms with Crippen LogP contribution in [-0.4, -0.2) is 5.33 Å². The van der Waals surface area contributed by atoms with Crippen LogP contribution in [0, 0.1) is 3.57 Å². The van der Waals surface area contributed by atoms with Crippen LogP contribution in [0.25, 0.3) is 0 Å². The standard InChI is InChI=1S/C15H13Br2I/c16-10-12(14-3-1-2-4-15(14)17)9-11-5-7-13(18)8-6-11/h1-8,12H,9-10H2. The molecule has 2 aromatic rings. The molecule has 2 aromatic carbocycles. The second kappa shape index (κ2) is 7.06. The van der Waals surface area contributed by atoms with Gasteiger partial charge in [-0.15, -0.1) is 0 Å². The van der Waals surface area contributed by atoms with Crippen molar-refractivity contribution >= 4 is 54.5 Å². The zero-order valence-corrected chi connectivity index (χ0v) is 15.1. The van der Waals surface area contributed by atoms with Gasteiger partial charge in [-0.1, -0.05) is 62.2 Å². The molecule has 0 saturated carbocycles. The van der Waals surface area contributed by atoms with Gasteiger partial charge < -0.3 is 0 Å². The van der Waals surface area contributed by atoms with Crippen LogP contribution < -0.4 is 0 Å². The van der Waals surface area contributed by atoms with Crippen LogP contribution in [0.1, 0.15) is 17.0 Å². The first-order valence-electron chi connectivity index (χ1n) is 5.75. The number of benzene rings is 2. The van der Waals surface area contributed by atoms with E-state index in [4.69, 9.17) is 0 Å². The van der Waals surface area contributed by atoms with E-state index in [1.807, 2.05) is 0 Å². The molecule has 0 N–H and O–H groups in total. The Balaban J connectivity index is 2.20. The van der Waals surface area contributed by atoms with E-state index in [0.29, 0.717) is 5.92 Å². The van der Waals surface area contributed by atoms with Crippen molar-refractivity contribution in [2.45, 2.75) is 12.3 Å². The first-order valence-corrected chi connectivity index (χ1v) is 8.75. The van der Waals surface area contributed by atoms with Gasteiger partial charge in [-0.25, -0.2) is 0 Å². The predicted molar refractivity (Wildman–Crippen MR) is 93.5 cm³/mol. The minimum absolute atomic E-state index is 0.501. The number of hydrogen-bond acceptors (Lipinski definition) is 0. The van der Waals surface area contributed by atoms with Crippen LogP contribution in [0.15, 0.2) is 53.0 Å². The lowest BCUT2D eigenvalue weighted by Gasteiger charge is -2.16. The van der Waals surface area contributed by atoms with Crippen molar-refractivity contribution in [3.8, 4) is 0 Å². The maximum absolute atomic E-state index is 3.64. The molecule has 0 fully saturated rings. The molecule has 3 heteroatoms. The van der Waals surface area contributed by atoms with Gasteiger partial charge in [0.25, 0.3) is 0 Å². The molecule has 1 unspecified atom stereocenters. The third-order valence-electron chi connectivity index (χ3n) is 2.93. The molecule has 0 heterocycles. The van der Waals surface area contributed by atoms with E-state index in [1.165, 1.54) is 19.2 Å². The Labute approximate surface area is 139 Å². The summed E-state index contributed by atoms with van der Waals surface area (Å²) in [4.78, 5) is 0. The zero-order chi connectivity index (χ0) is 13.0. The monoisotopic (exact) mass is 478 g/mol. The summed E-state index contributed by atoms with van der Waals surface area (Å²) in [6.45, 7) is 0. The third-order valence-corrected chi connectivity index (χ3v) is 5.15. The molecule has 1 atom stereocenters. The molecular formula is C15H13Br2I. The Morgan fingerprint density at radius 2 is 1.67 bits per heavy atom. The molecule has 0 nitrogen and oxygen atoms in total. The molecule has 2 rings (SSSR count). The largest absolute Gasteiger partial charge is 0.0921 e. The van der Waals surface area contributed by atoms with Gasteiger partial charge in [0.15, 0.2) is 0 Å². The van der Waals surface area contributed by atoms with E-state index in [2.05, 4.69) is 103 Å². The summed E-state index contributed by atoms with van der Waals surface area (Å²) in [5, 5.41) is 0.974. The maximum Gasteiger partial charge on any atom is 0.0210 e. The maximum atomic E-state index is 3.64. The average molecular weight is 480 g/mol. The number of rotatable bonds is 4.